The van der Waals surface area contributed by atoms with E-state index in [1.54, 1.807) is 62.8 Å². The number of fused-ring (bicyclic) bond motifs is 3. The van der Waals surface area contributed by atoms with Crippen LogP contribution < -0.4 is 15.2 Å². The molecular weight excluding hydrogens is 560 g/mol. The first-order chi connectivity index (χ1) is 21.3. The number of nitrogens with zero attached hydrogens (tertiary/aromatic N) is 1. The van der Waals surface area contributed by atoms with E-state index in [2.05, 4.69) is 0 Å². The average Bonchev–Trinajstić information content (AvgIpc) is 3.36. The predicted octanol–water partition coefficient (Wildman–Crippen LogP) is 5.76. The van der Waals surface area contributed by atoms with Gasteiger partial charge in [0.2, 0.25) is 5.91 Å². The molecule has 1 aliphatic carbocycles. The van der Waals surface area contributed by atoms with E-state index in [0.29, 0.717) is 22.6 Å². The Bertz CT molecular complexity index is 1540. The van der Waals surface area contributed by atoms with Gasteiger partial charge >= 0.3 is 12.1 Å². The molecule has 0 fully saturated rings. The summed E-state index contributed by atoms with van der Waals surface area (Å²) >= 11 is 0. The summed E-state index contributed by atoms with van der Waals surface area (Å²) in [5.74, 6) is -1.000. The molecule has 0 radical (unpaired) electrons. The molecule has 1 aliphatic rings. The van der Waals surface area contributed by atoms with Crippen LogP contribution in [0.2, 0.25) is 0 Å². The maximum absolute atomic E-state index is 14.2. The summed E-state index contributed by atoms with van der Waals surface area (Å²) in [4.78, 5) is 40.0. The van der Waals surface area contributed by atoms with Crippen LogP contribution in [-0.4, -0.2) is 54.8 Å². The highest BCUT2D eigenvalue weighted by molar-refractivity contribution is 5.83. The van der Waals surface area contributed by atoms with Crippen molar-refractivity contribution in [3.63, 3.8) is 0 Å². The number of carboxylic acid groups (broad SMARTS) is 1. The van der Waals surface area contributed by atoms with Gasteiger partial charge in [-0.2, -0.15) is 0 Å². The van der Waals surface area contributed by atoms with E-state index >= 15 is 0 Å². The molecule has 0 spiro atoms. The van der Waals surface area contributed by atoms with Crippen molar-refractivity contribution in [2.75, 3.05) is 20.8 Å². The lowest BCUT2D eigenvalue weighted by Crippen LogP contribution is -2.48. The molecule has 0 saturated carbocycles. The van der Waals surface area contributed by atoms with Crippen molar-refractivity contribution in [1.82, 2.24) is 4.90 Å². The molecule has 44 heavy (non-hydrogen) atoms. The number of carbonyl (C=O) groups excluding carboxylic acids is 2. The number of carbonyl (C=O) groups is 3. The number of methoxy groups -OCH3 is 2. The average molecular weight is 595 g/mol. The molecule has 5 rings (SSSR count). The van der Waals surface area contributed by atoms with Crippen molar-refractivity contribution in [1.29, 1.82) is 0 Å². The smallest absolute Gasteiger partial charge is 0.411 e. The minimum absolute atomic E-state index is 0.0105. The fourth-order valence-corrected chi connectivity index (χ4v) is 5.83. The number of amides is 2. The lowest BCUT2D eigenvalue weighted by atomic mass is 9.94. The Kier molecular flexibility index (Phi) is 9.14. The molecule has 9 heteroatoms. The van der Waals surface area contributed by atoms with Crippen LogP contribution in [0.15, 0.2) is 97.1 Å². The van der Waals surface area contributed by atoms with Gasteiger partial charge in [-0.15, -0.1) is 0 Å². The molecule has 1 atom stereocenters. The Morgan fingerprint density at radius 1 is 0.773 bits per heavy atom. The van der Waals surface area contributed by atoms with Gasteiger partial charge in [-0.3, -0.25) is 9.69 Å². The summed E-state index contributed by atoms with van der Waals surface area (Å²) in [6.45, 7) is -0.0105. The highest BCUT2D eigenvalue weighted by Gasteiger charge is 2.39. The monoisotopic (exact) mass is 594 g/mol. The van der Waals surface area contributed by atoms with E-state index in [9.17, 15) is 19.5 Å². The second-order valence-electron chi connectivity index (χ2n) is 10.5. The first-order valence-electron chi connectivity index (χ1n) is 14.2. The van der Waals surface area contributed by atoms with Crippen molar-refractivity contribution in [3.8, 4) is 22.6 Å². The first kappa shape index (κ1) is 30.2. The summed E-state index contributed by atoms with van der Waals surface area (Å²) < 4.78 is 16.7. The number of rotatable bonds is 12. The maximum Gasteiger partial charge on any atom is 0.411 e. The van der Waals surface area contributed by atoms with Crippen LogP contribution in [0.3, 0.4) is 0 Å². The zero-order valence-corrected chi connectivity index (χ0v) is 24.5. The molecule has 0 aliphatic heterocycles. The second kappa shape index (κ2) is 13.3. The number of nitrogens with two attached hydrogens (primary N) is 1. The van der Waals surface area contributed by atoms with Crippen LogP contribution in [-0.2, 0) is 14.3 Å². The molecule has 3 N–H and O–H groups in total. The number of hydrogen-bond donors (Lipinski definition) is 2. The van der Waals surface area contributed by atoms with E-state index in [0.717, 1.165) is 22.3 Å². The molecular formula is C35H34N2O7. The fourth-order valence-electron chi connectivity index (χ4n) is 5.83. The SMILES string of the molecule is COc1ccc(C(c2ccc(OC)cc2)N(C(=O)OCC2c3ccccc3-c3ccccc32)C(CCC(N)=O)C(=O)O)cc1. The molecule has 9 nitrogen and oxygen atoms in total. The third-order valence-corrected chi connectivity index (χ3v) is 7.97. The third-order valence-electron chi connectivity index (χ3n) is 7.97. The van der Waals surface area contributed by atoms with E-state index in [1.807, 2.05) is 48.5 Å². The van der Waals surface area contributed by atoms with Crippen molar-refractivity contribution in [2.24, 2.45) is 5.73 Å². The summed E-state index contributed by atoms with van der Waals surface area (Å²) in [7, 11) is 3.09. The molecule has 2 amide bonds. The Balaban J connectivity index is 1.56. The van der Waals surface area contributed by atoms with Gasteiger partial charge < -0.3 is 25.1 Å². The predicted molar refractivity (Wildman–Crippen MR) is 165 cm³/mol. The normalized spacial score (nSPS) is 12.6. The van der Waals surface area contributed by atoms with Gasteiger partial charge in [-0.1, -0.05) is 72.8 Å². The van der Waals surface area contributed by atoms with Crippen LogP contribution in [0, 0.1) is 0 Å². The van der Waals surface area contributed by atoms with Crippen molar-refractivity contribution >= 4 is 18.0 Å². The number of benzene rings is 4. The molecule has 4 aromatic carbocycles. The molecule has 0 bridgehead atoms. The van der Waals surface area contributed by atoms with E-state index in [-0.39, 0.29) is 25.4 Å². The number of carboxylic acids is 1. The number of aliphatic carboxylic acids is 1. The lowest BCUT2D eigenvalue weighted by Gasteiger charge is -2.36. The molecule has 4 aromatic rings. The molecule has 0 aromatic heterocycles. The zero-order valence-electron chi connectivity index (χ0n) is 24.5. The van der Waals surface area contributed by atoms with Gasteiger partial charge in [0.05, 0.1) is 20.3 Å². The standard InChI is InChI=1S/C35H34N2O7/c1-42-24-15-11-22(12-16-24)33(23-13-17-25(43-2)18-14-23)37(31(34(39)40)19-20-32(36)38)35(41)44-21-30-28-9-5-3-7-26(28)27-8-4-6-10-29(27)30/h3-18,30-31,33H,19-21H2,1-2H3,(H2,36,38)(H,39,40). The maximum atomic E-state index is 14.2. The van der Waals surface area contributed by atoms with Gasteiger partial charge in [0.1, 0.15) is 24.1 Å². The van der Waals surface area contributed by atoms with Crippen LogP contribution in [0.25, 0.3) is 11.1 Å². The largest absolute Gasteiger partial charge is 0.497 e. The molecule has 0 saturated heterocycles. The van der Waals surface area contributed by atoms with Crippen LogP contribution in [0.5, 0.6) is 11.5 Å². The van der Waals surface area contributed by atoms with Gasteiger partial charge in [0.25, 0.3) is 0 Å². The topological polar surface area (TPSA) is 128 Å². The lowest BCUT2D eigenvalue weighted by molar-refractivity contribution is -0.143. The number of ether oxygens (including phenoxy) is 3. The van der Waals surface area contributed by atoms with Gasteiger partial charge in [0.15, 0.2) is 0 Å². The van der Waals surface area contributed by atoms with Crippen LogP contribution in [0.4, 0.5) is 4.79 Å². The zero-order chi connectivity index (χ0) is 31.2. The van der Waals surface area contributed by atoms with Gasteiger partial charge in [-0.05, 0) is 64.1 Å². The molecule has 0 heterocycles. The van der Waals surface area contributed by atoms with Crippen LogP contribution in [0.1, 0.15) is 47.1 Å². The minimum Gasteiger partial charge on any atom is -0.497 e. The highest BCUT2D eigenvalue weighted by Crippen LogP contribution is 2.45. The second-order valence-corrected chi connectivity index (χ2v) is 10.5. The van der Waals surface area contributed by atoms with E-state index in [1.165, 1.54) is 4.90 Å². The fraction of sp³-hybridized carbons (Fsp3) is 0.229. The Hall–Kier alpha value is -5.31. The summed E-state index contributed by atoms with van der Waals surface area (Å²) in [5.41, 5.74) is 10.8. The Morgan fingerprint density at radius 2 is 1.25 bits per heavy atom. The van der Waals surface area contributed by atoms with Crippen molar-refractivity contribution in [3.05, 3.63) is 119 Å². The van der Waals surface area contributed by atoms with Crippen LogP contribution >= 0.6 is 0 Å². The number of primary amides is 1. The molecule has 1 unspecified atom stereocenters. The first-order valence-corrected chi connectivity index (χ1v) is 14.2. The summed E-state index contributed by atoms with van der Waals surface area (Å²) in [6.07, 6.45) is -1.26. The highest BCUT2D eigenvalue weighted by atomic mass is 16.6. The summed E-state index contributed by atoms with van der Waals surface area (Å²) in [6, 6.07) is 27.6. The van der Waals surface area contributed by atoms with Crippen molar-refractivity contribution < 1.29 is 33.7 Å². The molecule has 226 valence electrons. The Morgan fingerprint density at radius 3 is 1.68 bits per heavy atom. The van der Waals surface area contributed by atoms with Crippen molar-refractivity contribution in [2.45, 2.75) is 30.8 Å². The number of hydrogen-bond acceptors (Lipinski definition) is 6. The van der Waals surface area contributed by atoms with Gasteiger partial charge in [0, 0.05) is 12.3 Å². The Labute approximate surface area is 255 Å². The van der Waals surface area contributed by atoms with E-state index in [4.69, 9.17) is 19.9 Å². The van der Waals surface area contributed by atoms with Gasteiger partial charge in [-0.25, -0.2) is 9.59 Å². The minimum atomic E-state index is -1.42. The summed E-state index contributed by atoms with van der Waals surface area (Å²) in [5, 5.41) is 10.4. The van der Waals surface area contributed by atoms with E-state index < -0.39 is 30.1 Å². The quantitative estimate of drug-likeness (QED) is 0.213. The third kappa shape index (κ3) is 6.22.